The summed E-state index contributed by atoms with van der Waals surface area (Å²) in [4.78, 5) is 2.40. The number of hydrogen-bond donors (Lipinski definition) is 1. The molecular weight excluding hydrogens is 196 g/mol. The van der Waals surface area contributed by atoms with Gasteiger partial charge in [-0.2, -0.15) is 0 Å². The molecule has 3 heteroatoms. The maximum atomic E-state index is 5.88. The van der Waals surface area contributed by atoms with Crippen LogP contribution in [0.4, 0.5) is 0 Å². The van der Waals surface area contributed by atoms with E-state index in [9.17, 15) is 0 Å². The molecule has 0 atom stereocenters. The molecule has 82 valence electrons. The Morgan fingerprint density at radius 1 is 1.43 bits per heavy atom. The summed E-state index contributed by atoms with van der Waals surface area (Å²) >= 11 is 5.84. The summed E-state index contributed by atoms with van der Waals surface area (Å²) in [7, 11) is 0. The zero-order valence-electron chi connectivity index (χ0n) is 9.01. The maximum Gasteiger partial charge on any atom is 0.0338 e. The number of hydrogen-bond acceptors (Lipinski definition) is 2. The van der Waals surface area contributed by atoms with Crippen LogP contribution < -0.4 is 5.73 Å². The first-order chi connectivity index (χ1) is 6.63. The number of rotatable bonds is 4. The van der Waals surface area contributed by atoms with Crippen LogP contribution in [0.25, 0.3) is 0 Å². The van der Waals surface area contributed by atoms with Crippen molar-refractivity contribution < 1.29 is 0 Å². The Labute approximate surface area is 92.1 Å². The summed E-state index contributed by atoms with van der Waals surface area (Å²) in [6.07, 6.45) is 4.71. The van der Waals surface area contributed by atoms with Crippen molar-refractivity contribution in [3.8, 4) is 0 Å². The molecule has 14 heavy (non-hydrogen) atoms. The van der Waals surface area contributed by atoms with Gasteiger partial charge in [0.05, 0.1) is 0 Å². The van der Waals surface area contributed by atoms with Gasteiger partial charge in [-0.3, -0.25) is 4.90 Å². The molecule has 0 amide bonds. The molecule has 2 nitrogen and oxygen atoms in total. The van der Waals surface area contributed by atoms with Gasteiger partial charge in [0.1, 0.15) is 0 Å². The molecule has 1 aliphatic rings. The molecule has 0 aliphatic heterocycles. The molecule has 1 rings (SSSR count). The molecule has 2 N–H and O–H groups in total. The predicted molar refractivity (Wildman–Crippen MR) is 62.5 cm³/mol. The lowest BCUT2D eigenvalue weighted by Crippen LogP contribution is -2.41. The Bertz CT molecular complexity index is 186. The molecule has 0 unspecified atom stereocenters. The van der Waals surface area contributed by atoms with Crippen molar-refractivity contribution >= 4 is 11.6 Å². The van der Waals surface area contributed by atoms with E-state index < -0.39 is 0 Å². The molecule has 0 radical (unpaired) electrons. The van der Waals surface area contributed by atoms with Gasteiger partial charge in [0.2, 0.25) is 0 Å². The molecule has 0 aromatic heterocycles. The molecular formula is C11H21ClN2. The van der Waals surface area contributed by atoms with Crippen LogP contribution in [0, 0.1) is 0 Å². The van der Waals surface area contributed by atoms with Crippen molar-refractivity contribution in [1.82, 2.24) is 4.90 Å². The Hall–Kier alpha value is -0.0500. The summed E-state index contributed by atoms with van der Waals surface area (Å²) in [6, 6.07) is 1.08. The fraction of sp³-hybridized carbons (Fsp3) is 0.818. The van der Waals surface area contributed by atoms with Gasteiger partial charge in [0, 0.05) is 23.7 Å². The molecule has 0 aromatic carbocycles. The van der Waals surface area contributed by atoms with Crippen molar-refractivity contribution in [2.24, 2.45) is 5.73 Å². The monoisotopic (exact) mass is 216 g/mol. The van der Waals surface area contributed by atoms with Crippen molar-refractivity contribution in [2.45, 2.75) is 44.7 Å². The second-order valence-corrected chi connectivity index (χ2v) is 4.68. The quantitative estimate of drug-likeness (QED) is 0.782. The molecule has 1 fully saturated rings. The Morgan fingerprint density at radius 3 is 2.43 bits per heavy atom. The van der Waals surface area contributed by atoms with Gasteiger partial charge < -0.3 is 5.73 Å². The highest BCUT2D eigenvalue weighted by molar-refractivity contribution is 6.29. The highest BCUT2D eigenvalue weighted by Gasteiger charge is 2.23. The Balaban J connectivity index is 2.40. The third-order valence-electron chi connectivity index (χ3n) is 3.04. The van der Waals surface area contributed by atoms with E-state index in [4.69, 9.17) is 17.3 Å². The summed E-state index contributed by atoms with van der Waals surface area (Å²) < 4.78 is 0. The smallest absolute Gasteiger partial charge is 0.0338 e. The van der Waals surface area contributed by atoms with E-state index in [0.717, 1.165) is 31.0 Å². The molecule has 0 spiro atoms. The standard InChI is InChI=1S/C11H21ClN2/c1-3-14(8-9(2)12)11-6-4-10(13)5-7-11/h10-11H,2-8,13H2,1H3. The first-order valence-corrected chi connectivity index (χ1v) is 5.84. The normalized spacial score (nSPS) is 28.0. The number of nitrogens with two attached hydrogens (primary N) is 1. The molecule has 1 saturated carbocycles. The van der Waals surface area contributed by atoms with Crippen molar-refractivity contribution in [3.63, 3.8) is 0 Å². The number of nitrogens with zero attached hydrogens (tertiary/aromatic N) is 1. The van der Waals surface area contributed by atoms with E-state index in [1.807, 2.05) is 0 Å². The van der Waals surface area contributed by atoms with Gasteiger partial charge in [0.15, 0.2) is 0 Å². The van der Waals surface area contributed by atoms with E-state index >= 15 is 0 Å². The minimum atomic E-state index is 0.421. The first kappa shape index (κ1) is 12.0. The minimum absolute atomic E-state index is 0.421. The molecule has 0 aromatic rings. The summed E-state index contributed by atoms with van der Waals surface area (Å²) in [5.41, 5.74) is 5.88. The summed E-state index contributed by atoms with van der Waals surface area (Å²) in [5.74, 6) is 0. The van der Waals surface area contributed by atoms with Crippen molar-refractivity contribution in [2.75, 3.05) is 13.1 Å². The van der Waals surface area contributed by atoms with Crippen molar-refractivity contribution in [1.29, 1.82) is 0 Å². The topological polar surface area (TPSA) is 29.3 Å². The van der Waals surface area contributed by atoms with Gasteiger partial charge in [-0.25, -0.2) is 0 Å². The lowest BCUT2D eigenvalue weighted by Gasteiger charge is -2.35. The summed E-state index contributed by atoms with van der Waals surface area (Å²) in [5, 5.41) is 0.738. The zero-order chi connectivity index (χ0) is 10.6. The first-order valence-electron chi connectivity index (χ1n) is 5.46. The van der Waals surface area contributed by atoms with Crippen LogP contribution in [-0.4, -0.2) is 30.1 Å². The van der Waals surface area contributed by atoms with Gasteiger partial charge in [-0.1, -0.05) is 25.1 Å². The Morgan fingerprint density at radius 2 is 2.00 bits per heavy atom. The van der Waals surface area contributed by atoms with Crippen LogP contribution in [0.5, 0.6) is 0 Å². The molecule has 0 heterocycles. The maximum absolute atomic E-state index is 5.88. The third-order valence-corrected chi connectivity index (χ3v) is 3.16. The number of halogens is 1. The highest BCUT2D eigenvalue weighted by Crippen LogP contribution is 2.22. The zero-order valence-corrected chi connectivity index (χ0v) is 9.76. The fourth-order valence-corrected chi connectivity index (χ4v) is 2.34. The van der Waals surface area contributed by atoms with Crippen LogP contribution in [0.3, 0.4) is 0 Å². The largest absolute Gasteiger partial charge is 0.328 e. The van der Waals surface area contributed by atoms with Crippen molar-refractivity contribution in [3.05, 3.63) is 11.6 Å². The number of likely N-dealkylation sites (N-methyl/N-ethyl adjacent to an activating group) is 1. The third kappa shape index (κ3) is 3.60. The second kappa shape index (κ2) is 5.74. The lowest BCUT2D eigenvalue weighted by atomic mass is 9.91. The van der Waals surface area contributed by atoms with E-state index in [0.29, 0.717) is 12.1 Å². The molecule has 1 aliphatic carbocycles. The van der Waals surface area contributed by atoms with Gasteiger partial charge >= 0.3 is 0 Å². The van der Waals surface area contributed by atoms with Gasteiger partial charge in [0.25, 0.3) is 0 Å². The van der Waals surface area contributed by atoms with Gasteiger partial charge in [-0.05, 0) is 32.2 Å². The highest BCUT2D eigenvalue weighted by atomic mass is 35.5. The van der Waals surface area contributed by atoms with E-state index in [-0.39, 0.29) is 0 Å². The average Bonchev–Trinajstić information content (AvgIpc) is 2.15. The lowest BCUT2D eigenvalue weighted by molar-refractivity contribution is 0.171. The van der Waals surface area contributed by atoms with E-state index in [1.165, 1.54) is 12.8 Å². The SMILES string of the molecule is C=C(Cl)CN(CC)C1CCC(N)CC1. The fourth-order valence-electron chi connectivity index (χ4n) is 2.19. The van der Waals surface area contributed by atoms with Crippen LogP contribution >= 0.6 is 11.6 Å². The predicted octanol–water partition coefficient (Wildman–Crippen LogP) is 2.33. The average molecular weight is 217 g/mol. The van der Waals surface area contributed by atoms with E-state index in [1.54, 1.807) is 0 Å². The minimum Gasteiger partial charge on any atom is -0.328 e. The second-order valence-electron chi connectivity index (χ2n) is 4.15. The Kier molecular flexibility index (Phi) is 4.93. The van der Waals surface area contributed by atoms with Crippen LogP contribution in [0.1, 0.15) is 32.6 Å². The van der Waals surface area contributed by atoms with Crippen LogP contribution in [-0.2, 0) is 0 Å². The summed E-state index contributed by atoms with van der Waals surface area (Å²) in [6.45, 7) is 7.79. The molecule has 0 bridgehead atoms. The van der Waals surface area contributed by atoms with Gasteiger partial charge in [-0.15, -0.1) is 0 Å². The van der Waals surface area contributed by atoms with E-state index in [2.05, 4.69) is 18.4 Å². The molecule has 0 saturated heterocycles. The van der Waals surface area contributed by atoms with Crippen LogP contribution in [0.15, 0.2) is 11.6 Å². The van der Waals surface area contributed by atoms with Crippen LogP contribution in [0.2, 0.25) is 0 Å².